The number of anilines is 1. The third-order valence-electron chi connectivity index (χ3n) is 2.10. The molecule has 0 aromatic carbocycles. The van der Waals surface area contributed by atoms with Gasteiger partial charge in [0.1, 0.15) is 0 Å². The molecule has 2 rings (SSSR count). The van der Waals surface area contributed by atoms with Gasteiger partial charge in [-0.15, -0.1) is 0 Å². The molecular weight excluding hydrogens is 190 g/mol. The van der Waals surface area contributed by atoms with E-state index in [-0.39, 0.29) is 5.95 Å². The van der Waals surface area contributed by atoms with Crippen LogP contribution >= 0.6 is 0 Å². The number of nitrogens with zero attached hydrogens (tertiary/aromatic N) is 4. The Bertz CT molecular complexity index is 460. The van der Waals surface area contributed by atoms with Gasteiger partial charge in [-0.3, -0.25) is 4.68 Å². The normalized spacial score (nSPS) is 10.9. The van der Waals surface area contributed by atoms with Gasteiger partial charge < -0.3 is 5.73 Å². The van der Waals surface area contributed by atoms with Crippen molar-refractivity contribution in [2.45, 2.75) is 19.9 Å². The lowest BCUT2D eigenvalue weighted by molar-refractivity contribution is 0.532. The van der Waals surface area contributed by atoms with Crippen molar-refractivity contribution in [1.82, 2.24) is 19.7 Å². The average Bonchev–Trinajstić information content (AvgIpc) is 2.66. The minimum Gasteiger partial charge on any atom is -0.368 e. The van der Waals surface area contributed by atoms with Crippen molar-refractivity contribution >= 4 is 5.95 Å². The number of rotatable bonds is 2. The van der Waals surface area contributed by atoms with Crippen molar-refractivity contribution < 1.29 is 0 Å². The molecule has 0 aliphatic heterocycles. The molecule has 0 aliphatic rings. The van der Waals surface area contributed by atoms with Crippen molar-refractivity contribution in [1.29, 1.82) is 0 Å². The summed E-state index contributed by atoms with van der Waals surface area (Å²) in [5.74, 6) is 0.282. The molecule has 15 heavy (non-hydrogen) atoms. The Morgan fingerprint density at radius 3 is 2.80 bits per heavy atom. The molecule has 0 saturated heterocycles. The van der Waals surface area contributed by atoms with Gasteiger partial charge in [-0.2, -0.15) is 5.10 Å². The second-order valence-corrected chi connectivity index (χ2v) is 3.60. The molecule has 0 unspecified atom stereocenters. The lowest BCUT2D eigenvalue weighted by Gasteiger charge is -2.02. The Morgan fingerprint density at radius 2 is 2.20 bits per heavy atom. The molecule has 0 fully saturated rings. The van der Waals surface area contributed by atoms with E-state index >= 15 is 0 Å². The van der Waals surface area contributed by atoms with E-state index in [1.54, 1.807) is 12.4 Å². The van der Waals surface area contributed by atoms with Crippen LogP contribution in [0.3, 0.4) is 0 Å². The molecule has 2 aromatic rings. The minimum absolute atomic E-state index is 0.282. The van der Waals surface area contributed by atoms with Gasteiger partial charge in [-0.1, -0.05) is 0 Å². The Balaban J connectivity index is 2.37. The molecule has 0 saturated carbocycles. The highest BCUT2D eigenvalue weighted by Gasteiger charge is 2.05. The summed E-state index contributed by atoms with van der Waals surface area (Å²) in [6, 6.07) is 2.16. The molecule has 0 bridgehead atoms. The second kappa shape index (κ2) is 3.68. The smallest absolute Gasteiger partial charge is 0.220 e. The minimum atomic E-state index is 0.282. The quantitative estimate of drug-likeness (QED) is 0.803. The van der Waals surface area contributed by atoms with Crippen LogP contribution in [0.1, 0.15) is 19.9 Å². The van der Waals surface area contributed by atoms with Crippen molar-refractivity contribution in [3.63, 3.8) is 0 Å². The van der Waals surface area contributed by atoms with Crippen LogP contribution in [0.4, 0.5) is 5.95 Å². The number of hydrogen-bond donors (Lipinski definition) is 1. The highest BCUT2D eigenvalue weighted by atomic mass is 15.3. The lowest BCUT2D eigenvalue weighted by atomic mass is 10.2. The van der Waals surface area contributed by atoms with Gasteiger partial charge in [0.15, 0.2) is 0 Å². The molecule has 2 aromatic heterocycles. The summed E-state index contributed by atoms with van der Waals surface area (Å²) in [5, 5.41) is 4.24. The van der Waals surface area contributed by atoms with Gasteiger partial charge in [-0.05, 0) is 19.9 Å². The fraction of sp³-hybridized carbons (Fsp3) is 0.300. The first-order valence-electron chi connectivity index (χ1n) is 4.80. The van der Waals surface area contributed by atoms with Crippen molar-refractivity contribution in [3.8, 4) is 11.3 Å². The van der Waals surface area contributed by atoms with Crippen LogP contribution in [0.15, 0.2) is 24.7 Å². The number of hydrogen-bond acceptors (Lipinski definition) is 4. The zero-order valence-electron chi connectivity index (χ0n) is 8.75. The Hall–Kier alpha value is -1.91. The Kier molecular flexibility index (Phi) is 2.37. The van der Waals surface area contributed by atoms with Crippen LogP contribution in [-0.4, -0.2) is 19.7 Å². The summed E-state index contributed by atoms with van der Waals surface area (Å²) >= 11 is 0. The van der Waals surface area contributed by atoms with E-state index in [2.05, 4.69) is 28.9 Å². The van der Waals surface area contributed by atoms with Crippen LogP contribution in [0, 0.1) is 0 Å². The van der Waals surface area contributed by atoms with Gasteiger partial charge in [-0.25, -0.2) is 9.97 Å². The zero-order chi connectivity index (χ0) is 10.8. The fourth-order valence-corrected chi connectivity index (χ4v) is 1.29. The average molecular weight is 203 g/mol. The summed E-state index contributed by atoms with van der Waals surface area (Å²) in [7, 11) is 0. The van der Waals surface area contributed by atoms with Crippen molar-refractivity contribution in [2.75, 3.05) is 5.73 Å². The van der Waals surface area contributed by atoms with Crippen LogP contribution in [0.25, 0.3) is 11.3 Å². The summed E-state index contributed by atoms with van der Waals surface area (Å²) in [6.45, 7) is 4.15. The van der Waals surface area contributed by atoms with Gasteiger partial charge in [0.2, 0.25) is 5.95 Å². The lowest BCUT2D eigenvalue weighted by Crippen LogP contribution is -1.99. The van der Waals surface area contributed by atoms with Crippen LogP contribution < -0.4 is 5.73 Å². The van der Waals surface area contributed by atoms with E-state index in [0.717, 1.165) is 11.3 Å². The fourth-order valence-electron chi connectivity index (χ4n) is 1.29. The molecule has 5 heteroatoms. The van der Waals surface area contributed by atoms with E-state index in [0.29, 0.717) is 6.04 Å². The molecule has 2 heterocycles. The van der Waals surface area contributed by atoms with Crippen LogP contribution in [0.2, 0.25) is 0 Å². The van der Waals surface area contributed by atoms with Crippen molar-refractivity contribution in [3.05, 3.63) is 24.7 Å². The van der Waals surface area contributed by atoms with Crippen molar-refractivity contribution in [2.24, 2.45) is 0 Å². The predicted molar refractivity (Wildman–Crippen MR) is 58.1 cm³/mol. The number of nitrogen functional groups attached to an aromatic ring is 1. The van der Waals surface area contributed by atoms with E-state index in [1.165, 1.54) is 0 Å². The Morgan fingerprint density at radius 1 is 1.40 bits per heavy atom. The standard InChI is InChI=1S/C10H13N5/c1-7(2)15-6-8(5-13-15)9-3-4-12-10(11)14-9/h3-7H,1-2H3,(H2,11,12,14). The maximum Gasteiger partial charge on any atom is 0.220 e. The molecule has 2 N–H and O–H groups in total. The first-order valence-corrected chi connectivity index (χ1v) is 4.80. The molecule has 78 valence electrons. The second-order valence-electron chi connectivity index (χ2n) is 3.60. The molecule has 0 spiro atoms. The number of aromatic nitrogens is 4. The van der Waals surface area contributed by atoms with Gasteiger partial charge in [0.25, 0.3) is 0 Å². The highest BCUT2D eigenvalue weighted by molar-refractivity contribution is 5.57. The third-order valence-corrected chi connectivity index (χ3v) is 2.10. The first-order chi connectivity index (χ1) is 7.16. The summed E-state index contributed by atoms with van der Waals surface area (Å²) < 4.78 is 1.88. The van der Waals surface area contributed by atoms with E-state index in [4.69, 9.17) is 5.73 Å². The summed E-state index contributed by atoms with van der Waals surface area (Å²) in [5.41, 5.74) is 7.27. The van der Waals surface area contributed by atoms with Gasteiger partial charge >= 0.3 is 0 Å². The predicted octanol–water partition coefficient (Wildman–Crippen LogP) is 1.50. The van der Waals surface area contributed by atoms with E-state index in [9.17, 15) is 0 Å². The topological polar surface area (TPSA) is 69.6 Å². The monoisotopic (exact) mass is 203 g/mol. The SMILES string of the molecule is CC(C)n1cc(-c2ccnc(N)n2)cn1. The van der Waals surface area contributed by atoms with E-state index in [1.807, 2.05) is 16.9 Å². The van der Waals surface area contributed by atoms with Crippen LogP contribution in [-0.2, 0) is 0 Å². The Labute approximate surface area is 88.0 Å². The molecule has 0 radical (unpaired) electrons. The third kappa shape index (κ3) is 1.96. The molecule has 0 amide bonds. The molecule has 0 atom stereocenters. The highest BCUT2D eigenvalue weighted by Crippen LogP contribution is 2.17. The molecule has 0 aliphatic carbocycles. The van der Waals surface area contributed by atoms with Gasteiger partial charge in [0.05, 0.1) is 11.9 Å². The maximum atomic E-state index is 5.51. The summed E-state index contributed by atoms with van der Waals surface area (Å²) in [6.07, 6.45) is 5.37. The van der Waals surface area contributed by atoms with Gasteiger partial charge in [0, 0.05) is 24.0 Å². The molecule has 5 nitrogen and oxygen atoms in total. The summed E-state index contributed by atoms with van der Waals surface area (Å²) in [4.78, 5) is 7.98. The number of nitrogens with two attached hydrogens (primary N) is 1. The largest absolute Gasteiger partial charge is 0.368 e. The van der Waals surface area contributed by atoms with Crippen LogP contribution in [0.5, 0.6) is 0 Å². The molecular formula is C10H13N5. The first kappa shape index (κ1) is 9.64. The zero-order valence-corrected chi connectivity index (χ0v) is 8.75. The van der Waals surface area contributed by atoms with E-state index < -0.39 is 0 Å². The maximum absolute atomic E-state index is 5.51.